The van der Waals surface area contributed by atoms with Gasteiger partial charge in [-0.15, -0.1) is 0 Å². The molecule has 1 heterocycles. The third kappa shape index (κ3) is 4.29. The molecule has 2 aromatic rings. The van der Waals surface area contributed by atoms with Crippen molar-refractivity contribution in [2.45, 2.75) is 20.4 Å². The third-order valence-electron chi connectivity index (χ3n) is 3.88. The largest absolute Gasteiger partial charge is 0.368 e. The summed E-state index contributed by atoms with van der Waals surface area (Å²) < 4.78 is 0. The van der Waals surface area contributed by atoms with E-state index in [0.717, 1.165) is 48.8 Å². The van der Waals surface area contributed by atoms with Crippen molar-refractivity contribution in [3.8, 4) is 11.3 Å². The predicted molar refractivity (Wildman–Crippen MR) is 93.8 cm³/mol. The minimum atomic E-state index is 0.496. The van der Waals surface area contributed by atoms with Crippen molar-refractivity contribution in [3.05, 3.63) is 48.0 Å². The molecule has 118 valence electrons. The van der Waals surface area contributed by atoms with Gasteiger partial charge in [0, 0.05) is 30.8 Å². The lowest BCUT2D eigenvalue weighted by Gasteiger charge is -2.19. The van der Waals surface area contributed by atoms with Crippen LogP contribution < -0.4 is 11.1 Å². The Kier molecular flexibility index (Phi) is 6.37. The number of benzene rings is 1. The molecule has 22 heavy (non-hydrogen) atoms. The third-order valence-corrected chi connectivity index (χ3v) is 3.88. The molecule has 0 fully saturated rings. The van der Waals surface area contributed by atoms with Crippen molar-refractivity contribution < 1.29 is 0 Å². The van der Waals surface area contributed by atoms with Gasteiger partial charge in [0.15, 0.2) is 0 Å². The summed E-state index contributed by atoms with van der Waals surface area (Å²) in [5.74, 6) is 0.899. The number of hydrogen-bond acceptors (Lipinski definition) is 4. The van der Waals surface area contributed by atoms with E-state index in [1.807, 2.05) is 24.3 Å². The van der Waals surface area contributed by atoms with Crippen molar-refractivity contribution in [2.24, 2.45) is 5.73 Å². The van der Waals surface area contributed by atoms with E-state index in [1.54, 1.807) is 0 Å². The zero-order valence-corrected chi connectivity index (χ0v) is 13.5. The summed E-state index contributed by atoms with van der Waals surface area (Å²) in [6.07, 6.45) is 0. The summed E-state index contributed by atoms with van der Waals surface area (Å²) in [4.78, 5) is 7.14. The summed E-state index contributed by atoms with van der Waals surface area (Å²) in [6.45, 7) is 8.88. The highest BCUT2D eigenvalue weighted by Crippen LogP contribution is 2.21. The Balaban J connectivity index is 2.11. The molecular formula is C18H26N4. The van der Waals surface area contributed by atoms with E-state index in [1.165, 1.54) is 0 Å². The van der Waals surface area contributed by atoms with E-state index in [9.17, 15) is 0 Å². The van der Waals surface area contributed by atoms with Gasteiger partial charge in [0.1, 0.15) is 5.82 Å². The molecular weight excluding hydrogens is 272 g/mol. The lowest BCUT2D eigenvalue weighted by molar-refractivity contribution is 0.316. The minimum absolute atomic E-state index is 0.496. The van der Waals surface area contributed by atoms with Crippen molar-refractivity contribution >= 4 is 5.82 Å². The molecule has 0 spiro atoms. The zero-order valence-electron chi connectivity index (χ0n) is 13.5. The Morgan fingerprint density at radius 3 is 2.41 bits per heavy atom. The monoisotopic (exact) mass is 298 g/mol. The number of anilines is 1. The Morgan fingerprint density at radius 1 is 1.05 bits per heavy atom. The molecule has 0 saturated carbocycles. The second-order valence-corrected chi connectivity index (χ2v) is 5.23. The number of pyridine rings is 1. The Labute approximate surface area is 133 Å². The molecule has 0 bridgehead atoms. The number of nitrogens with two attached hydrogens (primary N) is 1. The Hall–Kier alpha value is -1.91. The summed E-state index contributed by atoms with van der Waals surface area (Å²) in [6, 6.07) is 14.3. The minimum Gasteiger partial charge on any atom is -0.368 e. The molecule has 0 atom stereocenters. The summed E-state index contributed by atoms with van der Waals surface area (Å²) >= 11 is 0. The van der Waals surface area contributed by atoms with Crippen molar-refractivity contribution in [3.63, 3.8) is 0 Å². The number of nitrogens with one attached hydrogen (secondary N) is 1. The molecule has 0 amide bonds. The molecule has 4 nitrogen and oxygen atoms in total. The first-order valence-corrected chi connectivity index (χ1v) is 8.00. The van der Waals surface area contributed by atoms with E-state index >= 15 is 0 Å². The molecule has 3 N–H and O–H groups in total. The van der Waals surface area contributed by atoms with Crippen molar-refractivity contribution in [1.82, 2.24) is 9.88 Å². The van der Waals surface area contributed by atoms with Crippen LogP contribution in [-0.4, -0.2) is 36.1 Å². The van der Waals surface area contributed by atoms with Crippen molar-refractivity contribution in [2.75, 3.05) is 31.5 Å². The Bertz CT molecular complexity index is 565. The van der Waals surface area contributed by atoms with Crippen LogP contribution in [0.3, 0.4) is 0 Å². The summed E-state index contributed by atoms with van der Waals surface area (Å²) in [5, 5.41) is 3.44. The topological polar surface area (TPSA) is 54.2 Å². The van der Waals surface area contributed by atoms with Gasteiger partial charge in [0.05, 0.1) is 5.69 Å². The molecule has 0 saturated heterocycles. The van der Waals surface area contributed by atoms with E-state index in [4.69, 9.17) is 10.7 Å². The van der Waals surface area contributed by atoms with Crippen LogP contribution in [0.25, 0.3) is 11.3 Å². The van der Waals surface area contributed by atoms with Gasteiger partial charge in [-0.25, -0.2) is 4.98 Å². The highest BCUT2D eigenvalue weighted by atomic mass is 15.1. The maximum absolute atomic E-state index is 5.83. The molecule has 1 aromatic heterocycles. The van der Waals surface area contributed by atoms with Crippen LogP contribution in [0.5, 0.6) is 0 Å². The number of likely N-dealkylation sites (N-methyl/N-ethyl adjacent to an activating group) is 1. The van der Waals surface area contributed by atoms with Crippen LogP contribution in [0.4, 0.5) is 5.82 Å². The van der Waals surface area contributed by atoms with Crippen LogP contribution in [0.2, 0.25) is 0 Å². The van der Waals surface area contributed by atoms with Gasteiger partial charge in [-0.2, -0.15) is 0 Å². The first kappa shape index (κ1) is 16.5. The van der Waals surface area contributed by atoms with Gasteiger partial charge in [0.25, 0.3) is 0 Å². The van der Waals surface area contributed by atoms with Crippen molar-refractivity contribution in [1.29, 1.82) is 0 Å². The van der Waals surface area contributed by atoms with Crippen LogP contribution in [-0.2, 0) is 6.54 Å². The fourth-order valence-electron chi connectivity index (χ4n) is 2.45. The quantitative estimate of drug-likeness (QED) is 0.787. The number of rotatable bonds is 8. The molecule has 1 aromatic carbocycles. The maximum Gasteiger partial charge on any atom is 0.131 e. The fraction of sp³-hybridized carbons (Fsp3) is 0.389. The number of nitrogens with zero attached hydrogens (tertiary/aromatic N) is 2. The second kappa shape index (κ2) is 8.51. The highest BCUT2D eigenvalue weighted by molar-refractivity contribution is 5.62. The fourth-order valence-corrected chi connectivity index (χ4v) is 2.45. The first-order valence-electron chi connectivity index (χ1n) is 8.00. The molecule has 0 aliphatic rings. The van der Waals surface area contributed by atoms with E-state index < -0.39 is 0 Å². The first-order chi connectivity index (χ1) is 10.8. The molecule has 0 radical (unpaired) electrons. The highest BCUT2D eigenvalue weighted by Gasteiger charge is 2.07. The van der Waals surface area contributed by atoms with Gasteiger partial charge in [-0.05, 0) is 19.2 Å². The summed E-state index contributed by atoms with van der Waals surface area (Å²) in [5.41, 5.74) is 8.99. The summed E-state index contributed by atoms with van der Waals surface area (Å²) in [7, 11) is 0. The van der Waals surface area contributed by atoms with Gasteiger partial charge in [0.2, 0.25) is 0 Å². The smallest absolute Gasteiger partial charge is 0.131 e. The SMILES string of the molecule is CCN(CC)CCNc1nc(-c2ccccc2)ccc1CN. The predicted octanol–water partition coefficient (Wildman–Crippen LogP) is 2.96. The number of aromatic nitrogens is 1. The van der Waals surface area contributed by atoms with Gasteiger partial charge < -0.3 is 16.0 Å². The van der Waals surface area contributed by atoms with E-state index in [-0.39, 0.29) is 0 Å². The second-order valence-electron chi connectivity index (χ2n) is 5.23. The zero-order chi connectivity index (χ0) is 15.8. The lowest BCUT2D eigenvalue weighted by Crippen LogP contribution is -2.29. The van der Waals surface area contributed by atoms with Gasteiger partial charge in [-0.1, -0.05) is 50.2 Å². The normalized spacial score (nSPS) is 10.9. The molecule has 0 aliphatic carbocycles. The molecule has 0 aliphatic heterocycles. The lowest BCUT2D eigenvalue weighted by atomic mass is 10.1. The molecule has 0 unspecified atom stereocenters. The maximum atomic E-state index is 5.83. The average molecular weight is 298 g/mol. The number of hydrogen-bond donors (Lipinski definition) is 2. The molecule has 4 heteroatoms. The van der Waals surface area contributed by atoms with E-state index in [0.29, 0.717) is 6.54 Å². The van der Waals surface area contributed by atoms with Crippen LogP contribution in [0.1, 0.15) is 19.4 Å². The van der Waals surface area contributed by atoms with Crippen LogP contribution in [0, 0.1) is 0 Å². The Morgan fingerprint density at radius 2 is 1.77 bits per heavy atom. The standard InChI is InChI=1S/C18H26N4/c1-3-22(4-2)13-12-20-18-16(14-19)10-11-17(21-18)15-8-6-5-7-9-15/h5-11H,3-4,12-14,19H2,1-2H3,(H,20,21). The van der Waals surface area contributed by atoms with Crippen LogP contribution >= 0.6 is 0 Å². The van der Waals surface area contributed by atoms with Gasteiger partial charge in [-0.3, -0.25) is 0 Å². The van der Waals surface area contributed by atoms with E-state index in [2.05, 4.69) is 42.3 Å². The van der Waals surface area contributed by atoms with Crippen LogP contribution in [0.15, 0.2) is 42.5 Å². The average Bonchev–Trinajstić information content (AvgIpc) is 2.59. The van der Waals surface area contributed by atoms with Gasteiger partial charge >= 0.3 is 0 Å². The molecule has 2 rings (SSSR count).